The third kappa shape index (κ3) is 2.03. The third-order valence-electron chi connectivity index (χ3n) is 2.49. The van der Waals surface area contributed by atoms with Crippen LogP contribution in [0.5, 0.6) is 0 Å². The van der Waals surface area contributed by atoms with E-state index in [1.165, 1.54) is 0 Å². The number of nitrogens with two attached hydrogens (primary N) is 1. The summed E-state index contributed by atoms with van der Waals surface area (Å²) in [5.41, 5.74) is 7.10. The molecule has 0 aliphatic carbocycles. The highest BCUT2D eigenvalue weighted by molar-refractivity contribution is 5.88. The molecule has 1 fully saturated rings. The van der Waals surface area contributed by atoms with E-state index in [1.807, 2.05) is 19.1 Å². The van der Waals surface area contributed by atoms with Crippen LogP contribution in [0.25, 0.3) is 0 Å². The van der Waals surface area contributed by atoms with E-state index in [4.69, 9.17) is 10.5 Å². The van der Waals surface area contributed by atoms with Gasteiger partial charge in [-0.05, 0) is 31.2 Å². The SMILES string of the molecule is CC1CCN(c2ccc(N)cc2)C(=O)O1. The van der Waals surface area contributed by atoms with Crippen LogP contribution >= 0.6 is 0 Å². The van der Waals surface area contributed by atoms with E-state index >= 15 is 0 Å². The van der Waals surface area contributed by atoms with Crippen molar-refractivity contribution in [3.05, 3.63) is 24.3 Å². The Bertz CT molecular complexity index is 361. The minimum atomic E-state index is -0.279. The van der Waals surface area contributed by atoms with Crippen LogP contribution in [0.15, 0.2) is 24.3 Å². The molecule has 0 spiro atoms. The molecule has 4 nitrogen and oxygen atoms in total. The van der Waals surface area contributed by atoms with Crippen LogP contribution < -0.4 is 10.6 Å². The molecular weight excluding hydrogens is 192 g/mol. The average molecular weight is 206 g/mol. The number of nitrogen functional groups attached to an aromatic ring is 1. The summed E-state index contributed by atoms with van der Waals surface area (Å²) in [6, 6.07) is 7.21. The van der Waals surface area contributed by atoms with Gasteiger partial charge in [0.1, 0.15) is 6.10 Å². The number of carbonyl (C=O) groups is 1. The smallest absolute Gasteiger partial charge is 0.414 e. The van der Waals surface area contributed by atoms with Crippen LogP contribution in [0.2, 0.25) is 0 Å². The van der Waals surface area contributed by atoms with Crippen LogP contribution in [0, 0.1) is 0 Å². The highest BCUT2D eigenvalue weighted by Crippen LogP contribution is 2.21. The van der Waals surface area contributed by atoms with E-state index in [2.05, 4.69) is 0 Å². The summed E-state index contributed by atoms with van der Waals surface area (Å²) >= 11 is 0. The van der Waals surface area contributed by atoms with Crippen LogP contribution in [-0.2, 0) is 4.74 Å². The number of anilines is 2. The van der Waals surface area contributed by atoms with Gasteiger partial charge in [0.05, 0.1) is 0 Å². The quantitative estimate of drug-likeness (QED) is 0.715. The standard InChI is InChI=1S/C11H14N2O2/c1-8-6-7-13(11(14)15-8)10-4-2-9(12)3-5-10/h2-5,8H,6-7,12H2,1H3. The molecule has 80 valence electrons. The van der Waals surface area contributed by atoms with Gasteiger partial charge in [0, 0.05) is 24.3 Å². The Morgan fingerprint density at radius 3 is 2.67 bits per heavy atom. The topological polar surface area (TPSA) is 55.6 Å². The lowest BCUT2D eigenvalue weighted by atomic mass is 10.2. The fraction of sp³-hybridized carbons (Fsp3) is 0.364. The van der Waals surface area contributed by atoms with Crippen LogP contribution in [0.4, 0.5) is 16.2 Å². The molecule has 1 aliphatic heterocycles. The van der Waals surface area contributed by atoms with Gasteiger partial charge < -0.3 is 10.5 Å². The molecule has 0 bridgehead atoms. The van der Waals surface area contributed by atoms with E-state index in [1.54, 1.807) is 17.0 Å². The number of amides is 1. The van der Waals surface area contributed by atoms with Gasteiger partial charge in [-0.15, -0.1) is 0 Å². The van der Waals surface area contributed by atoms with Gasteiger partial charge in [-0.25, -0.2) is 4.79 Å². The molecule has 15 heavy (non-hydrogen) atoms. The lowest BCUT2D eigenvalue weighted by Crippen LogP contribution is -2.41. The van der Waals surface area contributed by atoms with Crippen molar-refractivity contribution in [3.63, 3.8) is 0 Å². The first-order valence-corrected chi connectivity index (χ1v) is 5.00. The Labute approximate surface area is 88.6 Å². The predicted octanol–water partition coefficient (Wildman–Crippen LogP) is 2.00. The van der Waals surface area contributed by atoms with Crippen molar-refractivity contribution in [2.75, 3.05) is 17.2 Å². The summed E-state index contributed by atoms with van der Waals surface area (Å²) in [5.74, 6) is 0. The first-order valence-electron chi connectivity index (χ1n) is 5.00. The van der Waals surface area contributed by atoms with Gasteiger partial charge in [0.25, 0.3) is 0 Å². The molecule has 1 atom stereocenters. The van der Waals surface area contributed by atoms with Crippen molar-refractivity contribution in [1.82, 2.24) is 0 Å². The number of hydrogen-bond donors (Lipinski definition) is 1. The van der Waals surface area contributed by atoms with E-state index in [0.717, 1.165) is 12.1 Å². The number of hydrogen-bond acceptors (Lipinski definition) is 3. The summed E-state index contributed by atoms with van der Waals surface area (Å²) in [5, 5.41) is 0. The molecule has 1 aliphatic rings. The van der Waals surface area contributed by atoms with Crippen LogP contribution in [-0.4, -0.2) is 18.7 Å². The van der Waals surface area contributed by atoms with Gasteiger partial charge in [0.15, 0.2) is 0 Å². The lowest BCUT2D eigenvalue weighted by Gasteiger charge is -2.30. The fourth-order valence-electron chi connectivity index (χ4n) is 1.59. The van der Waals surface area contributed by atoms with Crippen molar-refractivity contribution < 1.29 is 9.53 Å². The molecule has 0 saturated carbocycles. The molecule has 1 unspecified atom stereocenters. The van der Waals surface area contributed by atoms with E-state index < -0.39 is 0 Å². The average Bonchev–Trinajstić information content (AvgIpc) is 2.20. The molecule has 1 aromatic rings. The minimum Gasteiger partial charge on any atom is -0.446 e. The molecule has 0 aromatic heterocycles. The maximum absolute atomic E-state index is 11.6. The number of benzene rings is 1. The van der Waals surface area contributed by atoms with Gasteiger partial charge >= 0.3 is 6.09 Å². The second-order valence-corrected chi connectivity index (χ2v) is 3.73. The minimum absolute atomic E-state index is 0.0162. The number of rotatable bonds is 1. The molecule has 1 aromatic carbocycles. The fourth-order valence-corrected chi connectivity index (χ4v) is 1.59. The normalized spacial score (nSPS) is 21.3. The summed E-state index contributed by atoms with van der Waals surface area (Å²) in [4.78, 5) is 13.2. The van der Waals surface area contributed by atoms with Crippen LogP contribution in [0.1, 0.15) is 13.3 Å². The molecule has 1 amide bonds. The molecule has 1 heterocycles. The monoisotopic (exact) mass is 206 g/mol. The number of cyclic esters (lactones) is 1. The molecule has 1 saturated heterocycles. The zero-order valence-electron chi connectivity index (χ0n) is 8.64. The summed E-state index contributed by atoms with van der Waals surface area (Å²) in [6.45, 7) is 2.60. The van der Waals surface area contributed by atoms with Crippen molar-refractivity contribution in [2.45, 2.75) is 19.4 Å². The van der Waals surface area contributed by atoms with Gasteiger partial charge in [-0.2, -0.15) is 0 Å². The zero-order valence-corrected chi connectivity index (χ0v) is 8.64. The Balaban J connectivity index is 2.17. The van der Waals surface area contributed by atoms with Crippen molar-refractivity contribution >= 4 is 17.5 Å². The maximum Gasteiger partial charge on any atom is 0.414 e. The van der Waals surface area contributed by atoms with Crippen molar-refractivity contribution in [2.24, 2.45) is 0 Å². The second kappa shape index (κ2) is 3.81. The van der Waals surface area contributed by atoms with Crippen LogP contribution in [0.3, 0.4) is 0 Å². The second-order valence-electron chi connectivity index (χ2n) is 3.73. The highest BCUT2D eigenvalue weighted by Gasteiger charge is 2.25. The Kier molecular flexibility index (Phi) is 2.49. The summed E-state index contributed by atoms with van der Waals surface area (Å²) < 4.78 is 5.14. The number of ether oxygens (including phenoxy) is 1. The Morgan fingerprint density at radius 1 is 1.40 bits per heavy atom. The largest absolute Gasteiger partial charge is 0.446 e. The van der Waals surface area contributed by atoms with Crippen molar-refractivity contribution in [1.29, 1.82) is 0 Å². The summed E-state index contributed by atoms with van der Waals surface area (Å²) in [6.07, 6.45) is 0.594. The van der Waals surface area contributed by atoms with E-state index in [0.29, 0.717) is 12.2 Å². The number of carbonyl (C=O) groups excluding carboxylic acids is 1. The lowest BCUT2D eigenvalue weighted by molar-refractivity contribution is 0.0944. The highest BCUT2D eigenvalue weighted by atomic mass is 16.6. The maximum atomic E-state index is 11.6. The predicted molar refractivity (Wildman–Crippen MR) is 58.8 cm³/mol. The molecular formula is C11H14N2O2. The van der Waals surface area contributed by atoms with Gasteiger partial charge in [-0.1, -0.05) is 0 Å². The molecule has 2 N–H and O–H groups in total. The van der Waals surface area contributed by atoms with Crippen molar-refractivity contribution in [3.8, 4) is 0 Å². The van der Waals surface area contributed by atoms with E-state index in [-0.39, 0.29) is 12.2 Å². The first-order chi connectivity index (χ1) is 7.16. The Hall–Kier alpha value is -1.71. The summed E-state index contributed by atoms with van der Waals surface area (Å²) in [7, 11) is 0. The van der Waals surface area contributed by atoms with E-state index in [9.17, 15) is 4.79 Å². The number of nitrogens with zero attached hydrogens (tertiary/aromatic N) is 1. The van der Waals surface area contributed by atoms with Gasteiger partial charge in [-0.3, -0.25) is 4.90 Å². The molecule has 2 rings (SSSR count). The van der Waals surface area contributed by atoms with Gasteiger partial charge in [0.2, 0.25) is 0 Å². The first kappa shape index (κ1) is 9.83. The molecule has 4 heteroatoms. The Morgan fingerprint density at radius 2 is 2.07 bits per heavy atom. The zero-order chi connectivity index (χ0) is 10.8. The molecule has 0 radical (unpaired) electrons. The third-order valence-corrected chi connectivity index (χ3v) is 2.49.